The van der Waals surface area contributed by atoms with E-state index in [1.54, 1.807) is 0 Å². The summed E-state index contributed by atoms with van der Waals surface area (Å²) in [5.74, 6) is 0.631. The third kappa shape index (κ3) is 6.42. The number of ether oxygens (including phenoxy) is 1. The predicted octanol–water partition coefficient (Wildman–Crippen LogP) is 5.35. The van der Waals surface area contributed by atoms with Crippen molar-refractivity contribution < 1.29 is 4.74 Å². The van der Waals surface area contributed by atoms with Gasteiger partial charge in [0.15, 0.2) is 0 Å². The van der Waals surface area contributed by atoms with Crippen molar-refractivity contribution in [1.29, 1.82) is 5.26 Å². The van der Waals surface area contributed by atoms with E-state index >= 15 is 0 Å². The average Bonchev–Trinajstić information content (AvgIpc) is 2.59. The Balaban J connectivity index is 1.69. The summed E-state index contributed by atoms with van der Waals surface area (Å²) in [5.41, 5.74) is 2.68. The first-order chi connectivity index (χ1) is 11.3. The average molecular weight is 309 g/mol. The van der Waals surface area contributed by atoms with Gasteiger partial charge in [0, 0.05) is 6.08 Å². The third-order valence-corrected chi connectivity index (χ3v) is 4.43. The van der Waals surface area contributed by atoms with E-state index in [0.717, 1.165) is 25.9 Å². The van der Waals surface area contributed by atoms with Gasteiger partial charge in [-0.05, 0) is 49.1 Å². The molecule has 0 radical (unpaired) electrons. The molecule has 2 heteroatoms. The van der Waals surface area contributed by atoms with Crippen molar-refractivity contribution in [2.75, 3.05) is 0 Å². The normalized spacial score (nSPS) is 21.7. The second-order valence-electron chi connectivity index (χ2n) is 6.29. The Bertz CT molecular complexity index is 542. The van der Waals surface area contributed by atoms with E-state index in [4.69, 9.17) is 10.00 Å². The number of allylic oxidation sites excluding steroid dienone is 4. The number of benzene rings is 1. The van der Waals surface area contributed by atoms with Crippen LogP contribution >= 0.6 is 0 Å². The van der Waals surface area contributed by atoms with Crippen LogP contribution < -0.4 is 0 Å². The summed E-state index contributed by atoms with van der Waals surface area (Å²) < 4.78 is 6.08. The quantitative estimate of drug-likeness (QED) is 0.502. The Morgan fingerprint density at radius 3 is 2.43 bits per heavy atom. The predicted molar refractivity (Wildman–Crippen MR) is 94.9 cm³/mol. The summed E-state index contributed by atoms with van der Waals surface area (Å²) in [5, 5.41) is 8.45. The van der Waals surface area contributed by atoms with E-state index < -0.39 is 0 Å². The first-order valence-corrected chi connectivity index (χ1v) is 8.74. The molecule has 0 spiro atoms. The van der Waals surface area contributed by atoms with Gasteiger partial charge in [0.1, 0.15) is 0 Å². The van der Waals surface area contributed by atoms with Crippen molar-refractivity contribution in [2.45, 2.75) is 58.2 Å². The molecule has 1 aliphatic carbocycles. The monoisotopic (exact) mass is 309 g/mol. The molecule has 122 valence electrons. The highest BCUT2D eigenvalue weighted by Crippen LogP contribution is 2.27. The number of rotatable bonds is 7. The summed E-state index contributed by atoms with van der Waals surface area (Å²) in [6.07, 6.45) is 14.9. The maximum atomic E-state index is 8.45. The van der Waals surface area contributed by atoms with Gasteiger partial charge in [-0.1, -0.05) is 55.8 Å². The van der Waals surface area contributed by atoms with Gasteiger partial charge in [-0.3, -0.25) is 0 Å². The highest BCUT2D eigenvalue weighted by atomic mass is 16.5. The fourth-order valence-electron chi connectivity index (χ4n) is 3.07. The lowest BCUT2D eigenvalue weighted by molar-refractivity contribution is 0.0110. The Labute approximate surface area is 140 Å². The Kier molecular flexibility index (Phi) is 7.63. The fourth-order valence-corrected chi connectivity index (χ4v) is 3.07. The molecule has 2 nitrogen and oxygen atoms in total. The van der Waals surface area contributed by atoms with E-state index in [9.17, 15) is 0 Å². The van der Waals surface area contributed by atoms with Crippen LogP contribution in [-0.2, 0) is 17.8 Å². The van der Waals surface area contributed by atoms with Crippen molar-refractivity contribution in [3.05, 3.63) is 59.7 Å². The van der Waals surface area contributed by atoms with Crippen LogP contribution in [-0.4, -0.2) is 6.10 Å². The number of nitriles is 1. The van der Waals surface area contributed by atoms with E-state index in [2.05, 4.69) is 37.3 Å². The van der Waals surface area contributed by atoms with Crippen molar-refractivity contribution in [1.82, 2.24) is 0 Å². The van der Waals surface area contributed by atoms with Crippen molar-refractivity contribution >= 4 is 0 Å². The van der Waals surface area contributed by atoms with Crippen LogP contribution in [0.3, 0.4) is 0 Å². The van der Waals surface area contributed by atoms with Gasteiger partial charge in [0.05, 0.1) is 18.8 Å². The van der Waals surface area contributed by atoms with Crippen LogP contribution in [0.5, 0.6) is 0 Å². The standard InChI is InChI=1S/C21H27NO/c1-2-6-18-8-10-20(11-9-18)17-23-21-14-12-19(13-15-21)7-4-3-5-16-22/h3-5,7-11,19,21H,2,6,12-15,17H2,1H3/b5-3+,7-4+. The summed E-state index contributed by atoms with van der Waals surface area (Å²) in [4.78, 5) is 0. The highest BCUT2D eigenvalue weighted by Gasteiger charge is 2.19. The van der Waals surface area contributed by atoms with Crippen molar-refractivity contribution in [2.24, 2.45) is 5.92 Å². The Morgan fingerprint density at radius 2 is 1.78 bits per heavy atom. The molecule has 1 aromatic carbocycles. The number of hydrogen-bond acceptors (Lipinski definition) is 2. The molecule has 0 saturated heterocycles. The minimum Gasteiger partial charge on any atom is -0.374 e. The SMILES string of the molecule is CCCc1ccc(COC2CCC(/C=C/C=C/C#N)CC2)cc1. The molecule has 1 aliphatic rings. The molecule has 0 heterocycles. The van der Waals surface area contributed by atoms with Crippen LogP contribution in [0.15, 0.2) is 48.6 Å². The van der Waals surface area contributed by atoms with E-state index in [0.29, 0.717) is 12.0 Å². The van der Waals surface area contributed by atoms with Crippen LogP contribution in [0.4, 0.5) is 0 Å². The largest absolute Gasteiger partial charge is 0.374 e. The second kappa shape index (κ2) is 10.0. The molecule has 1 aromatic rings. The zero-order valence-corrected chi connectivity index (χ0v) is 14.1. The Hall–Kier alpha value is -1.85. The van der Waals surface area contributed by atoms with Gasteiger partial charge >= 0.3 is 0 Å². The summed E-state index contributed by atoms with van der Waals surface area (Å²) in [6, 6.07) is 10.8. The lowest BCUT2D eigenvalue weighted by atomic mass is 9.87. The molecule has 1 fully saturated rings. The van der Waals surface area contributed by atoms with Crippen LogP contribution in [0.2, 0.25) is 0 Å². The van der Waals surface area contributed by atoms with Gasteiger partial charge in [0.2, 0.25) is 0 Å². The molecular weight excluding hydrogens is 282 g/mol. The molecule has 1 saturated carbocycles. The number of nitrogens with zero attached hydrogens (tertiary/aromatic N) is 1. The van der Waals surface area contributed by atoms with Crippen molar-refractivity contribution in [3.8, 4) is 6.07 Å². The molecule has 0 atom stereocenters. The topological polar surface area (TPSA) is 33.0 Å². The zero-order valence-electron chi connectivity index (χ0n) is 14.1. The first kappa shape index (κ1) is 17.5. The zero-order chi connectivity index (χ0) is 16.3. The van der Waals surface area contributed by atoms with Crippen LogP contribution in [0.25, 0.3) is 0 Å². The number of aryl methyl sites for hydroxylation is 1. The van der Waals surface area contributed by atoms with Crippen molar-refractivity contribution in [3.63, 3.8) is 0 Å². The maximum absolute atomic E-state index is 8.45. The lowest BCUT2D eigenvalue weighted by Crippen LogP contribution is -2.20. The molecule has 0 aromatic heterocycles. The molecule has 0 N–H and O–H groups in total. The van der Waals surface area contributed by atoms with Gasteiger partial charge in [-0.25, -0.2) is 0 Å². The van der Waals surface area contributed by atoms with Gasteiger partial charge < -0.3 is 4.74 Å². The lowest BCUT2D eigenvalue weighted by Gasteiger charge is -2.26. The molecule has 0 bridgehead atoms. The summed E-state index contributed by atoms with van der Waals surface area (Å²) in [7, 11) is 0. The molecular formula is C21H27NO. The summed E-state index contributed by atoms with van der Waals surface area (Å²) in [6.45, 7) is 2.94. The van der Waals surface area contributed by atoms with E-state index in [-0.39, 0.29) is 0 Å². The maximum Gasteiger partial charge on any atom is 0.0912 e. The minimum atomic E-state index is 0.393. The Morgan fingerprint density at radius 1 is 1.09 bits per heavy atom. The van der Waals surface area contributed by atoms with Crippen LogP contribution in [0.1, 0.15) is 50.2 Å². The molecule has 0 aliphatic heterocycles. The number of hydrogen-bond donors (Lipinski definition) is 0. The first-order valence-electron chi connectivity index (χ1n) is 8.74. The summed E-state index contributed by atoms with van der Waals surface area (Å²) >= 11 is 0. The molecule has 0 amide bonds. The second-order valence-corrected chi connectivity index (χ2v) is 6.29. The van der Waals surface area contributed by atoms with E-state index in [1.807, 2.05) is 18.2 Å². The van der Waals surface area contributed by atoms with Crippen LogP contribution in [0, 0.1) is 17.2 Å². The smallest absolute Gasteiger partial charge is 0.0912 e. The molecule has 23 heavy (non-hydrogen) atoms. The minimum absolute atomic E-state index is 0.393. The van der Waals surface area contributed by atoms with Gasteiger partial charge in [-0.2, -0.15) is 5.26 Å². The van der Waals surface area contributed by atoms with Gasteiger partial charge in [-0.15, -0.1) is 0 Å². The van der Waals surface area contributed by atoms with E-state index in [1.165, 1.54) is 36.5 Å². The fraction of sp³-hybridized carbons (Fsp3) is 0.476. The highest BCUT2D eigenvalue weighted by molar-refractivity contribution is 5.22. The van der Waals surface area contributed by atoms with Gasteiger partial charge in [0.25, 0.3) is 0 Å². The molecule has 0 unspecified atom stereocenters. The molecule has 2 rings (SSSR count). The third-order valence-electron chi connectivity index (χ3n) is 4.43.